The van der Waals surface area contributed by atoms with Gasteiger partial charge in [0, 0.05) is 37.8 Å². The van der Waals surface area contributed by atoms with Gasteiger partial charge in [0.05, 0.1) is 11.4 Å². The Labute approximate surface area is 242 Å². The van der Waals surface area contributed by atoms with Crippen molar-refractivity contribution in [2.45, 2.75) is 50.4 Å². The van der Waals surface area contributed by atoms with Crippen LogP contribution in [0.5, 0.6) is 11.5 Å². The summed E-state index contributed by atoms with van der Waals surface area (Å²) in [7, 11) is 0. The zero-order chi connectivity index (χ0) is 28.8. The lowest BCUT2D eigenvalue weighted by Crippen LogP contribution is -2.58. The van der Waals surface area contributed by atoms with Gasteiger partial charge in [-0.05, 0) is 73.9 Å². The summed E-state index contributed by atoms with van der Waals surface area (Å²) in [6.45, 7) is 2.31. The van der Waals surface area contributed by atoms with Crippen molar-refractivity contribution >= 4 is 22.9 Å². The van der Waals surface area contributed by atoms with Crippen LogP contribution in [0.25, 0.3) is 22.3 Å². The number of alkyl halides is 1. The molecule has 10 nitrogen and oxygen atoms in total. The van der Waals surface area contributed by atoms with Crippen LogP contribution in [-0.2, 0) is 0 Å². The summed E-state index contributed by atoms with van der Waals surface area (Å²) < 4.78 is 23.6. The number of hydrogen-bond acceptors (Lipinski definition) is 7. The maximum absolute atomic E-state index is 15.9. The number of para-hydroxylation sites is 1. The molecule has 218 valence electrons. The number of carboxylic acid groups (broad SMARTS) is 1. The molecule has 3 aliphatic rings. The summed E-state index contributed by atoms with van der Waals surface area (Å²) in [5, 5.41) is 14.8. The van der Waals surface area contributed by atoms with Crippen molar-refractivity contribution in [3.05, 3.63) is 60.9 Å². The Hall–Kier alpha value is -4.25. The second kappa shape index (κ2) is 10.5. The van der Waals surface area contributed by atoms with Crippen molar-refractivity contribution in [1.29, 1.82) is 0 Å². The standard InChI is InChI=1S/C31H34FN7O3/c32-24-18-38(21-16-31(17-21)11-14-37(15-12-31)30(40)41)13-10-25(24)39-29-26(28(33)34-19-35-29)27(36-39)20-6-8-23(9-7-20)42-22-4-2-1-3-5-22/h1-9,19,21,24-25H,10-18H2,(H,40,41)(H2,33,34,35). The summed E-state index contributed by atoms with van der Waals surface area (Å²) in [6.07, 6.45) is 3.89. The topological polar surface area (TPSA) is 123 Å². The van der Waals surface area contributed by atoms with Crippen molar-refractivity contribution < 1.29 is 19.0 Å². The highest BCUT2D eigenvalue weighted by Crippen LogP contribution is 2.51. The zero-order valence-corrected chi connectivity index (χ0v) is 23.3. The van der Waals surface area contributed by atoms with Crippen molar-refractivity contribution in [2.24, 2.45) is 5.41 Å². The second-order valence-corrected chi connectivity index (χ2v) is 11.9. The molecule has 11 heteroatoms. The van der Waals surface area contributed by atoms with E-state index in [9.17, 15) is 9.90 Å². The molecule has 4 heterocycles. The molecule has 1 spiro atoms. The van der Waals surface area contributed by atoms with Crippen LogP contribution in [0.2, 0.25) is 0 Å². The molecule has 2 aliphatic heterocycles. The Morgan fingerprint density at radius 1 is 1.00 bits per heavy atom. The Balaban J connectivity index is 1.07. The number of ether oxygens (including phenoxy) is 1. The minimum atomic E-state index is -1.11. The van der Waals surface area contributed by atoms with Gasteiger partial charge in [0.1, 0.15) is 35.5 Å². The lowest BCUT2D eigenvalue weighted by molar-refractivity contribution is -0.0608. The zero-order valence-electron chi connectivity index (χ0n) is 23.3. The normalized spacial score (nSPS) is 22.7. The molecule has 2 atom stereocenters. The fourth-order valence-corrected chi connectivity index (χ4v) is 7.04. The first kappa shape index (κ1) is 26.6. The highest BCUT2D eigenvalue weighted by Gasteiger charge is 2.49. The number of aromatic nitrogens is 4. The van der Waals surface area contributed by atoms with Crippen LogP contribution in [-0.4, -0.2) is 79.1 Å². The number of nitrogen functional groups attached to an aromatic ring is 1. The third kappa shape index (κ3) is 4.81. The molecule has 1 aliphatic carbocycles. The van der Waals surface area contributed by atoms with Gasteiger partial charge in [0.15, 0.2) is 5.65 Å². The van der Waals surface area contributed by atoms with E-state index in [1.54, 1.807) is 4.68 Å². The highest BCUT2D eigenvalue weighted by atomic mass is 19.1. The molecule has 1 amide bonds. The highest BCUT2D eigenvalue weighted by molar-refractivity contribution is 5.98. The van der Waals surface area contributed by atoms with Crippen LogP contribution >= 0.6 is 0 Å². The van der Waals surface area contributed by atoms with Crippen LogP contribution in [0.3, 0.4) is 0 Å². The summed E-state index contributed by atoms with van der Waals surface area (Å²) in [5.41, 5.74) is 8.51. The lowest BCUT2D eigenvalue weighted by atomic mass is 9.60. The monoisotopic (exact) mass is 571 g/mol. The number of nitrogens with zero attached hydrogens (tertiary/aromatic N) is 6. The van der Waals surface area contributed by atoms with Gasteiger partial charge < -0.3 is 20.5 Å². The minimum Gasteiger partial charge on any atom is -0.465 e. The van der Waals surface area contributed by atoms with Gasteiger partial charge in [0.2, 0.25) is 0 Å². The number of fused-ring (bicyclic) bond motifs is 1. The van der Waals surface area contributed by atoms with E-state index in [0.29, 0.717) is 60.4 Å². The van der Waals surface area contributed by atoms with Crippen LogP contribution in [0.4, 0.5) is 15.0 Å². The fourth-order valence-electron chi connectivity index (χ4n) is 7.04. The number of amides is 1. The van der Waals surface area contributed by atoms with E-state index in [-0.39, 0.29) is 5.41 Å². The van der Waals surface area contributed by atoms with Crippen LogP contribution in [0.1, 0.15) is 38.1 Å². The number of rotatable bonds is 5. The first-order valence-corrected chi connectivity index (χ1v) is 14.6. The number of nitrogens with two attached hydrogens (primary N) is 1. The molecule has 3 N–H and O–H groups in total. The van der Waals surface area contributed by atoms with Crippen LogP contribution in [0.15, 0.2) is 60.9 Å². The number of hydrogen-bond donors (Lipinski definition) is 2. The Kier molecular flexibility index (Phi) is 6.69. The Morgan fingerprint density at radius 3 is 2.40 bits per heavy atom. The van der Waals surface area contributed by atoms with Gasteiger partial charge in [-0.3, -0.25) is 4.90 Å². The quantitative estimate of drug-likeness (QED) is 0.328. The molecule has 42 heavy (non-hydrogen) atoms. The predicted octanol–water partition coefficient (Wildman–Crippen LogP) is 5.38. The van der Waals surface area contributed by atoms with Gasteiger partial charge >= 0.3 is 6.09 Å². The minimum absolute atomic E-state index is 0.211. The second-order valence-electron chi connectivity index (χ2n) is 11.9. The van der Waals surface area contributed by atoms with Gasteiger partial charge in [0.25, 0.3) is 0 Å². The van der Waals surface area contributed by atoms with Crippen molar-refractivity contribution in [3.63, 3.8) is 0 Å². The molecule has 2 unspecified atom stereocenters. The molecular formula is C31H34FN7O3. The largest absolute Gasteiger partial charge is 0.465 e. The molecule has 1 saturated carbocycles. The SMILES string of the molecule is Nc1ncnc2c1c(-c1ccc(Oc3ccccc3)cc1)nn2C1CCN(C2CC3(CCN(C(=O)O)CC3)C2)CC1F. The van der Waals surface area contributed by atoms with E-state index in [2.05, 4.69) is 14.9 Å². The molecule has 0 radical (unpaired) electrons. The average Bonchev–Trinajstić information content (AvgIpc) is 3.37. The lowest BCUT2D eigenvalue weighted by Gasteiger charge is -2.56. The number of carbonyl (C=O) groups is 1. The van der Waals surface area contributed by atoms with Gasteiger partial charge in [-0.15, -0.1) is 0 Å². The molecule has 7 rings (SSSR count). The number of halogens is 1. The fraction of sp³-hybridized carbons (Fsp3) is 0.419. The van der Waals surface area contributed by atoms with E-state index in [1.807, 2.05) is 54.6 Å². The summed E-state index contributed by atoms with van der Waals surface area (Å²) in [6, 6.07) is 17.0. The van der Waals surface area contributed by atoms with E-state index < -0.39 is 18.3 Å². The predicted molar refractivity (Wildman–Crippen MR) is 156 cm³/mol. The van der Waals surface area contributed by atoms with E-state index in [1.165, 1.54) is 11.2 Å². The van der Waals surface area contributed by atoms with Gasteiger partial charge in [-0.25, -0.2) is 23.8 Å². The first-order valence-electron chi connectivity index (χ1n) is 14.6. The molecule has 4 aromatic rings. The number of likely N-dealkylation sites (tertiary alicyclic amines) is 2. The summed E-state index contributed by atoms with van der Waals surface area (Å²) >= 11 is 0. The average molecular weight is 572 g/mol. The maximum Gasteiger partial charge on any atom is 0.407 e. The first-order chi connectivity index (χ1) is 20.4. The van der Waals surface area contributed by atoms with Crippen molar-refractivity contribution in [3.8, 4) is 22.8 Å². The van der Waals surface area contributed by atoms with Gasteiger partial charge in [-0.2, -0.15) is 5.10 Å². The summed E-state index contributed by atoms with van der Waals surface area (Å²) in [5.74, 6) is 1.75. The summed E-state index contributed by atoms with van der Waals surface area (Å²) in [4.78, 5) is 23.7. The molecule has 0 bridgehead atoms. The number of anilines is 1. The van der Waals surface area contributed by atoms with Crippen LogP contribution < -0.4 is 10.5 Å². The molecular weight excluding hydrogens is 537 g/mol. The van der Waals surface area contributed by atoms with Crippen LogP contribution in [0, 0.1) is 5.41 Å². The van der Waals surface area contributed by atoms with E-state index >= 15 is 4.39 Å². The molecule has 2 aromatic heterocycles. The Morgan fingerprint density at radius 2 is 1.71 bits per heavy atom. The maximum atomic E-state index is 15.9. The molecule has 2 saturated heterocycles. The molecule has 3 fully saturated rings. The third-order valence-electron chi connectivity index (χ3n) is 9.43. The number of piperidine rings is 2. The van der Waals surface area contributed by atoms with E-state index in [0.717, 1.165) is 43.5 Å². The molecule has 2 aromatic carbocycles. The number of benzene rings is 2. The van der Waals surface area contributed by atoms with E-state index in [4.69, 9.17) is 15.6 Å². The van der Waals surface area contributed by atoms with Gasteiger partial charge in [-0.1, -0.05) is 18.2 Å². The Bertz CT molecular complexity index is 1580. The van der Waals surface area contributed by atoms with Crippen molar-refractivity contribution in [1.82, 2.24) is 29.5 Å². The smallest absolute Gasteiger partial charge is 0.407 e. The van der Waals surface area contributed by atoms with Crippen molar-refractivity contribution in [2.75, 3.05) is 31.9 Å². The third-order valence-corrected chi connectivity index (χ3v) is 9.43.